The Morgan fingerprint density at radius 1 is 0.972 bits per heavy atom. The van der Waals surface area contributed by atoms with Gasteiger partial charge >= 0.3 is 0 Å². The minimum Gasteiger partial charge on any atom is -0.454 e. The standard InChI is InChI=1S/C27H17FN4O4/c28-17-6-2-4-8-21(17)32-22-11-24-23(35-13-36-24)10-16(22)25(27(32)34)31-26(33)19-9-15-14-5-1-3-7-18(14)30-20(15)12-29-19/h1-12,25,30H,13H2,(H,31,33). The van der Waals surface area contributed by atoms with Crippen LogP contribution in [0.2, 0.25) is 0 Å². The Bertz CT molecular complexity index is 1730. The van der Waals surface area contributed by atoms with Crippen molar-refractivity contribution >= 4 is 45.0 Å². The van der Waals surface area contributed by atoms with Crippen molar-refractivity contribution < 1.29 is 23.5 Å². The topological polar surface area (TPSA) is 96.6 Å². The highest BCUT2D eigenvalue weighted by Gasteiger charge is 2.42. The number of para-hydroxylation sites is 2. The Morgan fingerprint density at radius 3 is 2.61 bits per heavy atom. The van der Waals surface area contributed by atoms with Crippen LogP contribution in [0.3, 0.4) is 0 Å². The second-order valence-corrected chi connectivity index (χ2v) is 8.58. The number of H-pyrrole nitrogens is 1. The molecule has 0 spiro atoms. The summed E-state index contributed by atoms with van der Waals surface area (Å²) in [4.78, 5) is 35.7. The fourth-order valence-corrected chi connectivity index (χ4v) is 4.85. The number of benzene rings is 3. The van der Waals surface area contributed by atoms with E-state index in [1.807, 2.05) is 24.3 Å². The van der Waals surface area contributed by atoms with Gasteiger partial charge in [-0.25, -0.2) is 9.37 Å². The highest BCUT2D eigenvalue weighted by molar-refractivity contribution is 6.13. The van der Waals surface area contributed by atoms with E-state index in [2.05, 4.69) is 15.3 Å². The number of rotatable bonds is 3. The maximum atomic E-state index is 14.7. The van der Waals surface area contributed by atoms with Gasteiger partial charge < -0.3 is 19.8 Å². The molecular formula is C27H17FN4O4. The predicted octanol–water partition coefficient (Wildman–Crippen LogP) is 4.73. The molecule has 5 aromatic rings. The highest BCUT2D eigenvalue weighted by Crippen LogP contribution is 2.48. The first-order chi connectivity index (χ1) is 17.6. The number of hydrogen-bond donors (Lipinski definition) is 2. The molecule has 2 aliphatic rings. The molecule has 176 valence electrons. The first kappa shape index (κ1) is 20.5. The third-order valence-electron chi connectivity index (χ3n) is 6.53. The molecule has 0 saturated carbocycles. The summed E-state index contributed by atoms with van der Waals surface area (Å²) < 4.78 is 25.7. The Hall–Kier alpha value is -4.92. The number of carbonyl (C=O) groups excluding carboxylic acids is 2. The van der Waals surface area contributed by atoms with Crippen molar-refractivity contribution in [1.29, 1.82) is 0 Å². The van der Waals surface area contributed by atoms with E-state index in [9.17, 15) is 14.0 Å². The quantitative estimate of drug-likeness (QED) is 0.389. The van der Waals surface area contributed by atoms with E-state index >= 15 is 0 Å². The summed E-state index contributed by atoms with van der Waals surface area (Å²) in [5.41, 5.74) is 2.87. The van der Waals surface area contributed by atoms with Gasteiger partial charge in [0.05, 0.1) is 23.1 Å². The van der Waals surface area contributed by atoms with Crippen molar-refractivity contribution in [3.05, 3.63) is 90.0 Å². The van der Waals surface area contributed by atoms with Gasteiger partial charge in [-0.3, -0.25) is 14.5 Å². The van der Waals surface area contributed by atoms with E-state index in [-0.39, 0.29) is 18.2 Å². The molecule has 0 radical (unpaired) electrons. The fourth-order valence-electron chi connectivity index (χ4n) is 4.85. The van der Waals surface area contributed by atoms with Gasteiger partial charge in [0.1, 0.15) is 17.6 Å². The van der Waals surface area contributed by atoms with Crippen LogP contribution in [0.1, 0.15) is 22.1 Å². The second-order valence-electron chi connectivity index (χ2n) is 8.58. The largest absolute Gasteiger partial charge is 0.454 e. The minimum atomic E-state index is -1.07. The molecule has 2 aromatic heterocycles. The molecule has 7 rings (SSSR count). The van der Waals surface area contributed by atoms with Crippen molar-refractivity contribution in [3.8, 4) is 11.5 Å². The maximum Gasteiger partial charge on any atom is 0.270 e. The summed E-state index contributed by atoms with van der Waals surface area (Å²) in [7, 11) is 0. The number of hydrogen-bond acceptors (Lipinski definition) is 5. The number of aromatic amines is 1. The summed E-state index contributed by atoms with van der Waals surface area (Å²) in [6, 6.07) is 17.6. The van der Waals surface area contributed by atoms with Crippen LogP contribution in [0.5, 0.6) is 11.5 Å². The number of fused-ring (bicyclic) bond motifs is 5. The molecule has 1 unspecified atom stereocenters. The number of aromatic nitrogens is 2. The molecule has 2 amide bonds. The van der Waals surface area contributed by atoms with Gasteiger partial charge in [-0.1, -0.05) is 30.3 Å². The van der Waals surface area contributed by atoms with Crippen molar-refractivity contribution in [3.63, 3.8) is 0 Å². The minimum absolute atomic E-state index is 0.0391. The number of amides is 2. The van der Waals surface area contributed by atoms with Gasteiger partial charge in [-0.15, -0.1) is 0 Å². The lowest BCUT2D eigenvalue weighted by molar-refractivity contribution is -0.119. The molecule has 2 N–H and O–H groups in total. The van der Waals surface area contributed by atoms with Crippen LogP contribution in [0, 0.1) is 5.82 Å². The van der Waals surface area contributed by atoms with Gasteiger partial charge in [-0.2, -0.15) is 0 Å². The number of ether oxygens (including phenoxy) is 2. The molecule has 0 aliphatic carbocycles. The van der Waals surface area contributed by atoms with Crippen LogP contribution >= 0.6 is 0 Å². The van der Waals surface area contributed by atoms with Crippen LogP contribution in [0.4, 0.5) is 15.8 Å². The van der Waals surface area contributed by atoms with Crippen LogP contribution in [0.25, 0.3) is 21.8 Å². The van der Waals surface area contributed by atoms with E-state index < -0.39 is 23.7 Å². The number of anilines is 2. The van der Waals surface area contributed by atoms with Gasteiger partial charge in [-0.05, 0) is 30.3 Å². The van der Waals surface area contributed by atoms with Gasteiger partial charge in [0.25, 0.3) is 11.8 Å². The first-order valence-corrected chi connectivity index (χ1v) is 11.3. The summed E-state index contributed by atoms with van der Waals surface area (Å²) in [5, 5.41) is 4.60. The summed E-state index contributed by atoms with van der Waals surface area (Å²) in [6.07, 6.45) is 1.60. The Morgan fingerprint density at radius 2 is 1.75 bits per heavy atom. The zero-order valence-electron chi connectivity index (χ0n) is 18.6. The number of halogens is 1. The van der Waals surface area contributed by atoms with Gasteiger partial charge in [0.15, 0.2) is 11.5 Å². The number of pyridine rings is 1. The molecule has 1 atom stereocenters. The average molecular weight is 480 g/mol. The number of nitrogens with zero attached hydrogens (tertiary/aromatic N) is 2. The summed E-state index contributed by atoms with van der Waals surface area (Å²) in [6.45, 7) is 0.0391. The Labute approximate surface area is 203 Å². The molecule has 36 heavy (non-hydrogen) atoms. The Balaban J connectivity index is 1.29. The molecule has 8 nitrogen and oxygen atoms in total. The van der Waals surface area contributed by atoms with Crippen molar-refractivity contribution in [2.75, 3.05) is 11.7 Å². The van der Waals surface area contributed by atoms with E-state index in [0.29, 0.717) is 22.7 Å². The van der Waals surface area contributed by atoms with E-state index in [1.54, 1.807) is 36.5 Å². The normalized spacial score (nSPS) is 16.1. The van der Waals surface area contributed by atoms with Crippen molar-refractivity contribution in [2.24, 2.45) is 0 Å². The molecule has 9 heteroatoms. The monoisotopic (exact) mass is 480 g/mol. The van der Waals surface area contributed by atoms with Crippen LogP contribution in [-0.4, -0.2) is 28.6 Å². The zero-order chi connectivity index (χ0) is 24.4. The van der Waals surface area contributed by atoms with E-state index in [1.165, 1.54) is 17.0 Å². The zero-order valence-corrected chi connectivity index (χ0v) is 18.6. The smallest absolute Gasteiger partial charge is 0.270 e. The second kappa shape index (κ2) is 7.54. The summed E-state index contributed by atoms with van der Waals surface area (Å²) in [5.74, 6) is -0.691. The van der Waals surface area contributed by atoms with Gasteiger partial charge in [0, 0.05) is 27.9 Å². The first-order valence-electron chi connectivity index (χ1n) is 11.3. The molecule has 0 fully saturated rings. The average Bonchev–Trinajstić information content (AvgIpc) is 3.57. The third kappa shape index (κ3) is 2.96. The molecule has 0 bridgehead atoms. The van der Waals surface area contributed by atoms with Crippen LogP contribution in [0.15, 0.2) is 72.9 Å². The molecule has 2 aliphatic heterocycles. The third-order valence-corrected chi connectivity index (χ3v) is 6.53. The molecule has 3 aromatic carbocycles. The van der Waals surface area contributed by atoms with Crippen molar-refractivity contribution in [2.45, 2.75) is 6.04 Å². The lowest BCUT2D eigenvalue weighted by Gasteiger charge is -2.19. The van der Waals surface area contributed by atoms with Gasteiger partial charge in [0.2, 0.25) is 6.79 Å². The number of nitrogens with one attached hydrogen (secondary N) is 2. The predicted molar refractivity (Wildman–Crippen MR) is 130 cm³/mol. The highest BCUT2D eigenvalue weighted by atomic mass is 19.1. The summed E-state index contributed by atoms with van der Waals surface area (Å²) >= 11 is 0. The number of carbonyl (C=O) groups is 2. The van der Waals surface area contributed by atoms with Crippen LogP contribution < -0.4 is 19.7 Å². The fraction of sp³-hybridized carbons (Fsp3) is 0.0741. The van der Waals surface area contributed by atoms with E-state index in [4.69, 9.17) is 9.47 Å². The Kier molecular flexibility index (Phi) is 4.28. The lowest BCUT2D eigenvalue weighted by atomic mass is 10.1. The molecule has 0 saturated heterocycles. The molecule has 4 heterocycles. The van der Waals surface area contributed by atoms with Crippen molar-refractivity contribution in [1.82, 2.24) is 15.3 Å². The molecular weight excluding hydrogens is 463 g/mol. The van der Waals surface area contributed by atoms with Crippen LogP contribution in [-0.2, 0) is 4.79 Å². The maximum absolute atomic E-state index is 14.7. The van der Waals surface area contributed by atoms with E-state index in [0.717, 1.165) is 21.8 Å². The SMILES string of the molecule is O=C(NC1C(=O)N(c2ccccc2F)c2cc3c(cc21)OCO3)c1cc2c(cn1)[nH]c1ccccc12. The lowest BCUT2D eigenvalue weighted by Crippen LogP contribution is -2.36.